The molecule has 0 amide bonds. The Hall–Kier alpha value is -1.86. The normalized spacial score (nSPS) is 10.6. The van der Waals surface area contributed by atoms with E-state index in [1.54, 1.807) is 12.1 Å². The van der Waals surface area contributed by atoms with Crippen LogP contribution in [0.3, 0.4) is 0 Å². The summed E-state index contributed by atoms with van der Waals surface area (Å²) in [7, 11) is 0. The minimum atomic E-state index is -0.403. The molecule has 0 atom stereocenters. The van der Waals surface area contributed by atoms with Crippen molar-refractivity contribution in [3.63, 3.8) is 0 Å². The summed E-state index contributed by atoms with van der Waals surface area (Å²) < 4.78 is 0. The predicted octanol–water partition coefficient (Wildman–Crippen LogP) is 2.31. The molecule has 0 saturated heterocycles. The molecule has 0 saturated carbocycles. The smallest absolute Gasteiger partial charge is 0.270 e. The molecular formula is C12H14N4O2S. The molecule has 1 aromatic heterocycles. The summed E-state index contributed by atoms with van der Waals surface area (Å²) in [5, 5.41) is 20.6. The minimum absolute atomic E-state index is 0.0688. The number of benzene rings is 1. The molecule has 2 N–H and O–H groups in total. The van der Waals surface area contributed by atoms with Crippen molar-refractivity contribution in [2.24, 2.45) is 5.73 Å². The average molecular weight is 278 g/mol. The summed E-state index contributed by atoms with van der Waals surface area (Å²) in [4.78, 5) is 10.4. The molecule has 2 rings (SSSR count). The van der Waals surface area contributed by atoms with Crippen molar-refractivity contribution < 1.29 is 4.92 Å². The fraction of sp³-hybridized carbons (Fsp3) is 0.333. The van der Waals surface area contributed by atoms with Crippen LogP contribution in [0.2, 0.25) is 0 Å². The maximum absolute atomic E-state index is 10.8. The SMILES string of the molecule is Cc1ccc([N+](=O)[O-])cc1-c1nnc(CCCN)s1. The number of hydrogen-bond donors (Lipinski definition) is 1. The van der Waals surface area contributed by atoms with E-state index in [2.05, 4.69) is 10.2 Å². The topological polar surface area (TPSA) is 94.9 Å². The van der Waals surface area contributed by atoms with Crippen LogP contribution < -0.4 is 5.73 Å². The Morgan fingerprint density at radius 2 is 2.21 bits per heavy atom. The highest BCUT2D eigenvalue weighted by molar-refractivity contribution is 7.14. The van der Waals surface area contributed by atoms with E-state index in [1.165, 1.54) is 17.4 Å². The lowest BCUT2D eigenvalue weighted by Crippen LogP contribution is -1.99. The van der Waals surface area contributed by atoms with Gasteiger partial charge >= 0.3 is 0 Å². The molecule has 2 aromatic rings. The Morgan fingerprint density at radius 3 is 2.89 bits per heavy atom. The molecule has 19 heavy (non-hydrogen) atoms. The van der Waals surface area contributed by atoms with E-state index in [4.69, 9.17) is 5.73 Å². The van der Waals surface area contributed by atoms with Gasteiger partial charge in [0.05, 0.1) is 4.92 Å². The van der Waals surface area contributed by atoms with Gasteiger partial charge < -0.3 is 5.73 Å². The van der Waals surface area contributed by atoms with E-state index in [-0.39, 0.29) is 5.69 Å². The summed E-state index contributed by atoms with van der Waals surface area (Å²) >= 11 is 1.46. The van der Waals surface area contributed by atoms with Crippen LogP contribution in [-0.4, -0.2) is 21.7 Å². The molecule has 0 spiro atoms. The van der Waals surface area contributed by atoms with Gasteiger partial charge in [-0.1, -0.05) is 17.4 Å². The van der Waals surface area contributed by atoms with E-state index < -0.39 is 4.92 Å². The van der Waals surface area contributed by atoms with Crippen LogP contribution >= 0.6 is 11.3 Å². The zero-order valence-electron chi connectivity index (χ0n) is 10.5. The van der Waals surface area contributed by atoms with Crippen molar-refractivity contribution in [3.8, 4) is 10.6 Å². The third-order valence-electron chi connectivity index (χ3n) is 2.72. The Kier molecular flexibility index (Phi) is 4.18. The molecule has 6 nitrogen and oxygen atoms in total. The van der Waals surface area contributed by atoms with E-state index >= 15 is 0 Å². The summed E-state index contributed by atoms with van der Waals surface area (Å²) in [6, 6.07) is 4.77. The molecule has 0 bridgehead atoms. The number of nitrogens with two attached hydrogens (primary N) is 1. The number of rotatable bonds is 5. The number of non-ortho nitro benzene ring substituents is 1. The standard InChI is InChI=1S/C12H14N4O2S/c1-8-4-5-9(16(17)18)7-10(8)12-15-14-11(19-12)3-2-6-13/h4-5,7H,2-3,6,13H2,1H3. The number of nitro groups is 1. The molecule has 0 radical (unpaired) electrons. The Labute approximate surface area is 114 Å². The molecule has 100 valence electrons. The van der Waals surface area contributed by atoms with Gasteiger partial charge in [-0.05, 0) is 25.5 Å². The van der Waals surface area contributed by atoms with Crippen molar-refractivity contribution in [1.29, 1.82) is 0 Å². The lowest BCUT2D eigenvalue weighted by atomic mass is 10.1. The lowest BCUT2D eigenvalue weighted by molar-refractivity contribution is -0.384. The Balaban J connectivity index is 2.32. The van der Waals surface area contributed by atoms with Crippen LogP contribution in [0.1, 0.15) is 17.0 Å². The summed E-state index contributed by atoms with van der Waals surface area (Å²) in [5.41, 5.74) is 7.24. The molecule has 0 fully saturated rings. The highest BCUT2D eigenvalue weighted by Crippen LogP contribution is 2.30. The largest absolute Gasteiger partial charge is 0.330 e. The second-order valence-electron chi connectivity index (χ2n) is 4.15. The zero-order chi connectivity index (χ0) is 13.8. The van der Waals surface area contributed by atoms with Crippen LogP contribution in [0.4, 0.5) is 5.69 Å². The lowest BCUT2D eigenvalue weighted by Gasteiger charge is -2.00. The number of nitro benzene ring substituents is 1. The highest BCUT2D eigenvalue weighted by Gasteiger charge is 2.13. The fourth-order valence-electron chi connectivity index (χ4n) is 1.67. The zero-order valence-corrected chi connectivity index (χ0v) is 11.3. The number of nitrogens with zero attached hydrogens (tertiary/aromatic N) is 3. The van der Waals surface area contributed by atoms with Crippen molar-refractivity contribution in [3.05, 3.63) is 38.9 Å². The van der Waals surface area contributed by atoms with Crippen molar-refractivity contribution >= 4 is 17.0 Å². The quantitative estimate of drug-likeness (QED) is 0.669. The van der Waals surface area contributed by atoms with Gasteiger partial charge in [0.25, 0.3) is 5.69 Å². The van der Waals surface area contributed by atoms with Gasteiger partial charge in [-0.3, -0.25) is 10.1 Å². The summed E-state index contributed by atoms with van der Waals surface area (Å²) in [6.07, 6.45) is 1.66. The number of hydrogen-bond acceptors (Lipinski definition) is 6. The Bertz CT molecular complexity index is 597. The molecule has 7 heteroatoms. The predicted molar refractivity (Wildman–Crippen MR) is 74.1 cm³/mol. The average Bonchev–Trinajstić information content (AvgIpc) is 2.85. The fourth-order valence-corrected chi connectivity index (χ4v) is 2.63. The first-order chi connectivity index (χ1) is 9.11. The van der Waals surface area contributed by atoms with Crippen molar-refractivity contribution in [1.82, 2.24) is 10.2 Å². The van der Waals surface area contributed by atoms with E-state index in [0.717, 1.165) is 29.0 Å². The first-order valence-corrected chi connectivity index (χ1v) is 6.71. The molecule has 0 aliphatic carbocycles. The van der Waals surface area contributed by atoms with E-state index in [9.17, 15) is 10.1 Å². The first-order valence-electron chi connectivity index (χ1n) is 5.89. The number of aryl methyl sites for hydroxylation is 2. The molecule has 1 heterocycles. The van der Waals surface area contributed by atoms with Crippen LogP contribution in [0.25, 0.3) is 10.6 Å². The van der Waals surface area contributed by atoms with Crippen LogP contribution in [0.15, 0.2) is 18.2 Å². The van der Waals surface area contributed by atoms with Gasteiger partial charge in [0.15, 0.2) is 0 Å². The van der Waals surface area contributed by atoms with Crippen LogP contribution in [0.5, 0.6) is 0 Å². The molecule has 1 aromatic carbocycles. The maximum Gasteiger partial charge on any atom is 0.270 e. The van der Waals surface area contributed by atoms with Gasteiger partial charge in [0, 0.05) is 24.1 Å². The third-order valence-corrected chi connectivity index (χ3v) is 3.74. The molecule has 0 aliphatic rings. The van der Waals surface area contributed by atoms with E-state index in [1.807, 2.05) is 6.92 Å². The molecule has 0 aliphatic heterocycles. The third kappa shape index (κ3) is 3.12. The van der Waals surface area contributed by atoms with Gasteiger partial charge in [0.2, 0.25) is 0 Å². The monoisotopic (exact) mass is 278 g/mol. The molecular weight excluding hydrogens is 264 g/mol. The van der Waals surface area contributed by atoms with Gasteiger partial charge in [-0.15, -0.1) is 10.2 Å². The van der Waals surface area contributed by atoms with Crippen molar-refractivity contribution in [2.45, 2.75) is 19.8 Å². The minimum Gasteiger partial charge on any atom is -0.330 e. The Morgan fingerprint density at radius 1 is 1.42 bits per heavy atom. The summed E-state index contributed by atoms with van der Waals surface area (Å²) in [5.74, 6) is 0. The number of aromatic nitrogens is 2. The van der Waals surface area contributed by atoms with Crippen molar-refractivity contribution in [2.75, 3.05) is 6.54 Å². The highest BCUT2D eigenvalue weighted by atomic mass is 32.1. The second-order valence-corrected chi connectivity index (χ2v) is 5.21. The first kappa shape index (κ1) is 13.6. The van der Waals surface area contributed by atoms with Crippen LogP contribution in [0, 0.1) is 17.0 Å². The molecule has 0 unspecified atom stereocenters. The maximum atomic E-state index is 10.8. The van der Waals surface area contributed by atoms with E-state index in [0.29, 0.717) is 11.6 Å². The van der Waals surface area contributed by atoms with Gasteiger partial charge in [-0.25, -0.2) is 0 Å². The van der Waals surface area contributed by atoms with Gasteiger partial charge in [0.1, 0.15) is 10.0 Å². The van der Waals surface area contributed by atoms with Gasteiger partial charge in [-0.2, -0.15) is 0 Å². The van der Waals surface area contributed by atoms with Crippen LogP contribution in [-0.2, 0) is 6.42 Å². The summed E-state index contributed by atoms with van der Waals surface area (Å²) in [6.45, 7) is 2.52. The second kappa shape index (κ2) is 5.85.